The Bertz CT molecular complexity index is 277. The molecular weight excluding hydrogens is 192 g/mol. The quantitative estimate of drug-likeness (QED) is 0.389. The highest BCUT2D eigenvalue weighted by atomic mass is 16.7. The van der Waals surface area contributed by atoms with Crippen molar-refractivity contribution in [1.82, 2.24) is 10.7 Å². The smallest absolute Gasteiger partial charge is 0.326 e. The van der Waals surface area contributed by atoms with Crippen LogP contribution in [0.3, 0.4) is 0 Å². The number of carboxylic acid groups (broad SMARTS) is 1. The highest BCUT2D eigenvalue weighted by Crippen LogP contribution is 2.01. The zero-order valence-corrected chi connectivity index (χ0v) is 7.27. The molecular formula is C6H10N4O4. The van der Waals surface area contributed by atoms with Crippen molar-refractivity contribution in [3.63, 3.8) is 0 Å². The highest BCUT2D eigenvalue weighted by molar-refractivity contribution is 5.85. The second kappa shape index (κ2) is 4.40. The van der Waals surface area contributed by atoms with E-state index in [1.807, 2.05) is 0 Å². The van der Waals surface area contributed by atoms with Gasteiger partial charge in [-0.15, -0.1) is 0 Å². The van der Waals surface area contributed by atoms with Gasteiger partial charge < -0.3 is 10.4 Å². The molecule has 0 spiro atoms. The van der Waals surface area contributed by atoms with Crippen LogP contribution < -0.4 is 10.7 Å². The number of nitro groups is 1. The number of nitrogens with one attached hydrogen (secondary N) is 2. The molecule has 1 heterocycles. The van der Waals surface area contributed by atoms with Crippen molar-refractivity contribution in [3.8, 4) is 0 Å². The van der Waals surface area contributed by atoms with Gasteiger partial charge in [0.05, 0.1) is 0 Å². The average Bonchev–Trinajstić information content (AvgIpc) is 2.28. The molecule has 0 saturated heterocycles. The molecule has 78 valence electrons. The van der Waals surface area contributed by atoms with Crippen molar-refractivity contribution < 1.29 is 14.9 Å². The molecule has 3 N–H and O–H groups in total. The van der Waals surface area contributed by atoms with Crippen LogP contribution in [0.15, 0.2) is 4.99 Å². The second-order valence-electron chi connectivity index (χ2n) is 2.78. The number of aliphatic carboxylic acids is 1. The number of hydrogen-bond acceptors (Lipinski definition) is 5. The van der Waals surface area contributed by atoms with Crippen LogP contribution in [0.4, 0.5) is 0 Å². The Kier molecular flexibility index (Phi) is 3.21. The van der Waals surface area contributed by atoms with Crippen LogP contribution in [0, 0.1) is 10.1 Å². The molecule has 0 aromatic heterocycles. The van der Waals surface area contributed by atoms with Crippen molar-refractivity contribution in [3.05, 3.63) is 10.1 Å². The van der Waals surface area contributed by atoms with Crippen LogP contribution in [-0.2, 0) is 4.79 Å². The van der Waals surface area contributed by atoms with Crippen molar-refractivity contribution in [2.24, 2.45) is 4.99 Å². The summed E-state index contributed by atoms with van der Waals surface area (Å²) in [6.07, 6.45) is 0.995. The molecule has 8 nitrogen and oxygen atoms in total. The first-order valence-corrected chi connectivity index (χ1v) is 4.04. The molecule has 0 fully saturated rings. The van der Waals surface area contributed by atoms with Gasteiger partial charge in [0.25, 0.3) is 5.96 Å². The molecule has 1 rings (SSSR count). The van der Waals surface area contributed by atoms with Gasteiger partial charge in [0, 0.05) is 6.54 Å². The lowest BCUT2D eigenvalue weighted by atomic mass is 10.2. The van der Waals surface area contributed by atoms with Gasteiger partial charge in [0.2, 0.25) is 0 Å². The van der Waals surface area contributed by atoms with E-state index in [1.54, 1.807) is 5.43 Å². The molecule has 1 unspecified atom stereocenters. The number of hydrogen-bond donors (Lipinski definition) is 3. The van der Waals surface area contributed by atoms with Crippen molar-refractivity contribution in [1.29, 1.82) is 0 Å². The summed E-state index contributed by atoms with van der Waals surface area (Å²) >= 11 is 0. The predicted octanol–water partition coefficient (Wildman–Crippen LogP) is -1.04. The number of carboxylic acids is 1. The van der Waals surface area contributed by atoms with E-state index >= 15 is 0 Å². The van der Waals surface area contributed by atoms with Crippen molar-refractivity contribution >= 4 is 11.9 Å². The number of aliphatic imine (C=N–C) groups is 1. The van der Waals surface area contributed by atoms with Crippen LogP contribution in [0.5, 0.6) is 0 Å². The first-order chi connectivity index (χ1) is 6.59. The molecule has 1 aliphatic rings. The van der Waals surface area contributed by atoms with Gasteiger partial charge in [-0.3, -0.25) is 0 Å². The summed E-state index contributed by atoms with van der Waals surface area (Å²) < 4.78 is 0. The van der Waals surface area contributed by atoms with E-state index in [2.05, 4.69) is 10.3 Å². The Morgan fingerprint density at radius 3 is 3.07 bits per heavy atom. The van der Waals surface area contributed by atoms with E-state index in [9.17, 15) is 14.9 Å². The molecule has 0 aromatic rings. The van der Waals surface area contributed by atoms with Crippen LogP contribution in [-0.4, -0.2) is 34.7 Å². The fourth-order valence-corrected chi connectivity index (χ4v) is 1.11. The largest absolute Gasteiger partial charge is 0.480 e. The van der Waals surface area contributed by atoms with Crippen molar-refractivity contribution in [2.75, 3.05) is 6.54 Å². The minimum absolute atomic E-state index is 0.0973. The summed E-state index contributed by atoms with van der Waals surface area (Å²) in [6, 6.07) is -0.816. The topological polar surface area (TPSA) is 117 Å². The molecule has 1 atom stereocenters. The van der Waals surface area contributed by atoms with E-state index < -0.39 is 17.0 Å². The fourth-order valence-electron chi connectivity index (χ4n) is 1.11. The van der Waals surface area contributed by atoms with E-state index in [1.165, 1.54) is 0 Å². The maximum Gasteiger partial charge on any atom is 0.326 e. The lowest BCUT2D eigenvalue weighted by molar-refractivity contribution is -0.525. The lowest BCUT2D eigenvalue weighted by Crippen LogP contribution is -2.47. The molecule has 0 aliphatic carbocycles. The second-order valence-corrected chi connectivity index (χ2v) is 2.78. The van der Waals surface area contributed by atoms with E-state index in [4.69, 9.17) is 5.11 Å². The van der Waals surface area contributed by atoms with E-state index in [0.717, 1.165) is 0 Å². The lowest BCUT2D eigenvalue weighted by Gasteiger charge is -2.11. The van der Waals surface area contributed by atoms with Gasteiger partial charge in [-0.2, -0.15) is 0 Å². The van der Waals surface area contributed by atoms with Gasteiger partial charge in [0.1, 0.15) is 6.04 Å². The molecule has 8 heteroatoms. The first kappa shape index (κ1) is 10.2. The zero-order chi connectivity index (χ0) is 10.6. The van der Waals surface area contributed by atoms with Gasteiger partial charge in [-0.25, -0.2) is 19.9 Å². The summed E-state index contributed by atoms with van der Waals surface area (Å²) in [5.41, 5.74) is 1.80. The third-order valence-corrected chi connectivity index (χ3v) is 1.73. The van der Waals surface area contributed by atoms with Crippen molar-refractivity contribution in [2.45, 2.75) is 18.9 Å². The normalized spacial score (nSPS) is 21.4. The Morgan fingerprint density at radius 2 is 2.50 bits per heavy atom. The first-order valence-electron chi connectivity index (χ1n) is 4.04. The van der Waals surface area contributed by atoms with Gasteiger partial charge >= 0.3 is 5.97 Å². The van der Waals surface area contributed by atoms with Crippen LogP contribution in [0.25, 0.3) is 0 Å². The molecule has 0 aromatic carbocycles. The minimum atomic E-state index is -1.04. The molecule has 0 amide bonds. The molecule has 1 aliphatic heterocycles. The third-order valence-electron chi connectivity index (χ3n) is 1.73. The number of rotatable bonds is 2. The number of nitrogens with zero attached hydrogens (tertiary/aromatic N) is 2. The van der Waals surface area contributed by atoms with Gasteiger partial charge in [-0.05, 0) is 12.8 Å². The Labute approximate surface area is 79.1 Å². The minimum Gasteiger partial charge on any atom is -0.480 e. The fraction of sp³-hybridized carbons (Fsp3) is 0.667. The molecule has 14 heavy (non-hydrogen) atoms. The maximum absolute atomic E-state index is 10.6. The Balaban J connectivity index is 2.61. The molecule has 0 saturated carbocycles. The van der Waals surface area contributed by atoms with Crippen LogP contribution >= 0.6 is 0 Å². The summed E-state index contributed by atoms with van der Waals surface area (Å²) in [7, 11) is 0. The highest BCUT2D eigenvalue weighted by Gasteiger charge is 2.22. The van der Waals surface area contributed by atoms with Crippen LogP contribution in [0.2, 0.25) is 0 Å². The predicted molar refractivity (Wildman–Crippen MR) is 46.2 cm³/mol. The summed E-state index contributed by atoms with van der Waals surface area (Å²) in [4.78, 5) is 24.5. The van der Waals surface area contributed by atoms with Gasteiger partial charge in [0.15, 0.2) is 5.03 Å². The maximum atomic E-state index is 10.6. The zero-order valence-electron chi connectivity index (χ0n) is 7.27. The standard InChI is InChI=1S/C6H10N4O4/c11-5(12)4-2-1-3-7-6(8-4)9-10(13)14/h4H,1-3H2,(H,11,12)(H2,7,8,9). The molecule has 0 bridgehead atoms. The number of guanidine groups is 1. The summed E-state index contributed by atoms with van der Waals surface area (Å²) in [5, 5.41) is 20.4. The van der Waals surface area contributed by atoms with E-state index in [0.29, 0.717) is 19.4 Å². The average molecular weight is 202 g/mol. The SMILES string of the molecule is O=C(O)C1CCCN=C(N[N+](=O)[O-])N1. The molecule has 0 radical (unpaired) electrons. The van der Waals surface area contributed by atoms with Gasteiger partial charge in [-0.1, -0.05) is 5.43 Å². The van der Waals surface area contributed by atoms with E-state index in [-0.39, 0.29) is 5.96 Å². The third kappa shape index (κ3) is 2.88. The Morgan fingerprint density at radius 1 is 1.79 bits per heavy atom. The number of carbonyl (C=O) groups is 1. The van der Waals surface area contributed by atoms with Crippen LogP contribution in [0.1, 0.15) is 12.8 Å². The monoisotopic (exact) mass is 202 g/mol. The summed E-state index contributed by atoms with van der Waals surface area (Å²) in [5.74, 6) is -1.13. The number of hydrazine groups is 1. The summed E-state index contributed by atoms with van der Waals surface area (Å²) in [6.45, 7) is 0.382. The Hall–Kier alpha value is -1.86.